The largest absolute Gasteiger partial charge is 0.390 e. The van der Waals surface area contributed by atoms with Crippen LogP contribution in [0.25, 0.3) is 0 Å². The van der Waals surface area contributed by atoms with Crippen molar-refractivity contribution in [1.82, 2.24) is 0 Å². The van der Waals surface area contributed by atoms with E-state index in [1.165, 1.54) is 49.7 Å². The summed E-state index contributed by atoms with van der Waals surface area (Å²) in [6.07, 6.45) is 10.5. The van der Waals surface area contributed by atoms with E-state index in [1.54, 1.807) is 0 Å². The molecular weight excluding hydrogens is 244 g/mol. The Balaban J connectivity index is 1.69. The highest BCUT2D eigenvalue weighted by Crippen LogP contribution is 2.43. The van der Waals surface area contributed by atoms with Gasteiger partial charge in [0.2, 0.25) is 0 Å². The van der Waals surface area contributed by atoms with E-state index >= 15 is 0 Å². The van der Waals surface area contributed by atoms with Crippen molar-refractivity contribution in [1.29, 1.82) is 0 Å². The van der Waals surface area contributed by atoms with Gasteiger partial charge in [0, 0.05) is 0 Å². The van der Waals surface area contributed by atoms with Crippen LogP contribution in [-0.4, -0.2) is 10.7 Å². The first-order valence-electron chi connectivity index (χ1n) is 8.50. The molecule has 1 atom stereocenters. The Labute approximate surface area is 123 Å². The molecule has 1 unspecified atom stereocenters. The van der Waals surface area contributed by atoms with Crippen LogP contribution in [0.2, 0.25) is 0 Å². The van der Waals surface area contributed by atoms with Gasteiger partial charge in [0.25, 0.3) is 0 Å². The highest BCUT2D eigenvalue weighted by molar-refractivity contribution is 5.32. The van der Waals surface area contributed by atoms with E-state index in [-0.39, 0.29) is 5.60 Å². The molecule has 20 heavy (non-hydrogen) atoms. The molecule has 1 aromatic carbocycles. The number of hydrogen-bond donors (Lipinski definition) is 1. The van der Waals surface area contributed by atoms with E-state index in [9.17, 15) is 5.11 Å². The summed E-state index contributed by atoms with van der Waals surface area (Å²) in [6, 6.07) is 8.89. The SMILES string of the molecule is CCC1CCC(O)(CC2CCCc3ccccc32)CC1. The zero-order chi connectivity index (χ0) is 14.0. The number of aliphatic hydroxyl groups is 1. The van der Waals surface area contributed by atoms with Gasteiger partial charge in [0.15, 0.2) is 0 Å². The van der Waals surface area contributed by atoms with Gasteiger partial charge in [-0.2, -0.15) is 0 Å². The lowest BCUT2D eigenvalue weighted by Gasteiger charge is -2.39. The Morgan fingerprint density at radius 2 is 1.90 bits per heavy atom. The van der Waals surface area contributed by atoms with Crippen LogP contribution in [0.5, 0.6) is 0 Å². The van der Waals surface area contributed by atoms with Gasteiger partial charge in [0.1, 0.15) is 0 Å². The highest BCUT2D eigenvalue weighted by atomic mass is 16.3. The summed E-state index contributed by atoms with van der Waals surface area (Å²) in [5, 5.41) is 11.0. The number of fused-ring (bicyclic) bond motifs is 1. The van der Waals surface area contributed by atoms with E-state index in [1.807, 2.05) is 0 Å². The first-order valence-corrected chi connectivity index (χ1v) is 8.50. The van der Waals surface area contributed by atoms with Crippen molar-refractivity contribution in [3.8, 4) is 0 Å². The molecule has 0 spiro atoms. The zero-order valence-corrected chi connectivity index (χ0v) is 12.8. The van der Waals surface area contributed by atoms with Gasteiger partial charge in [-0.15, -0.1) is 0 Å². The molecule has 1 saturated carbocycles. The molecule has 2 aliphatic carbocycles. The molecule has 0 amide bonds. The summed E-state index contributed by atoms with van der Waals surface area (Å²) in [5.41, 5.74) is 2.65. The molecule has 1 aromatic rings. The van der Waals surface area contributed by atoms with Crippen LogP contribution in [0, 0.1) is 5.92 Å². The fourth-order valence-corrected chi connectivity index (χ4v) is 4.35. The van der Waals surface area contributed by atoms with Crippen LogP contribution in [0.3, 0.4) is 0 Å². The van der Waals surface area contributed by atoms with Gasteiger partial charge < -0.3 is 5.11 Å². The molecule has 0 saturated heterocycles. The van der Waals surface area contributed by atoms with Crippen molar-refractivity contribution in [2.45, 2.75) is 76.2 Å². The monoisotopic (exact) mass is 272 g/mol. The van der Waals surface area contributed by atoms with Crippen molar-refractivity contribution >= 4 is 0 Å². The minimum Gasteiger partial charge on any atom is -0.390 e. The van der Waals surface area contributed by atoms with E-state index in [0.29, 0.717) is 5.92 Å². The molecule has 3 rings (SSSR count). The van der Waals surface area contributed by atoms with E-state index < -0.39 is 0 Å². The van der Waals surface area contributed by atoms with Crippen LogP contribution in [0.1, 0.15) is 75.3 Å². The Bertz CT molecular complexity index is 443. The Kier molecular flexibility index (Phi) is 4.16. The Morgan fingerprint density at radius 1 is 1.15 bits per heavy atom. The van der Waals surface area contributed by atoms with Crippen molar-refractivity contribution < 1.29 is 5.11 Å². The van der Waals surface area contributed by atoms with Gasteiger partial charge in [-0.3, -0.25) is 0 Å². The average molecular weight is 272 g/mol. The van der Waals surface area contributed by atoms with Gasteiger partial charge in [-0.25, -0.2) is 0 Å². The van der Waals surface area contributed by atoms with Crippen molar-refractivity contribution in [3.63, 3.8) is 0 Å². The van der Waals surface area contributed by atoms with Gasteiger partial charge in [-0.1, -0.05) is 37.6 Å². The molecule has 0 heterocycles. The second-order valence-corrected chi connectivity index (χ2v) is 7.07. The fraction of sp³-hybridized carbons (Fsp3) is 0.684. The van der Waals surface area contributed by atoms with Crippen LogP contribution in [-0.2, 0) is 6.42 Å². The molecule has 0 aliphatic heterocycles. The molecule has 1 nitrogen and oxygen atoms in total. The van der Waals surface area contributed by atoms with Crippen LogP contribution in [0.4, 0.5) is 0 Å². The third-order valence-electron chi connectivity index (χ3n) is 5.73. The molecule has 0 radical (unpaired) electrons. The van der Waals surface area contributed by atoms with Crippen LogP contribution >= 0.6 is 0 Å². The van der Waals surface area contributed by atoms with E-state index in [2.05, 4.69) is 31.2 Å². The number of benzene rings is 1. The lowest BCUT2D eigenvalue weighted by molar-refractivity contribution is -0.0236. The Hall–Kier alpha value is -0.820. The maximum absolute atomic E-state index is 11.0. The predicted molar refractivity (Wildman–Crippen MR) is 83.9 cm³/mol. The van der Waals surface area contributed by atoms with Gasteiger partial charge in [-0.05, 0) is 74.3 Å². The molecule has 0 aromatic heterocycles. The molecule has 110 valence electrons. The summed E-state index contributed by atoms with van der Waals surface area (Å²) in [6.45, 7) is 2.28. The molecule has 1 fully saturated rings. The molecular formula is C19H28O. The summed E-state index contributed by atoms with van der Waals surface area (Å²) in [5.74, 6) is 1.44. The minimum absolute atomic E-state index is 0.388. The summed E-state index contributed by atoms with van der Waals surface area (Å²) >= 11 is 0. The highest BCUT2D eigenvalue weighted by Gasteiger charge is 2.36. The van der Waals surface area contributed by atoms with Crippen LogP contribution < -0.4 is 0 Å². The summed E-state index contributed by atoms with van der Waals surface area (Å²) in [7, 11) is 0. The van der Waals surface area contributed by atoms with Crippen LogP contribution in [0.15, 0.2) is 24.3 Å². The maximum atomic E-state index is 11.0. The topological polar surface area (TPSA) is 20.2 Å². The lowest BCUT2D eigenvalue weighted by atomic mass is 9.70. The number of hydrogen-bond acceptors (Lipinski definition) is 1. The molecule has 1 heteroatoms. The molecule has 2 aliphatic rings. The zero-order valence-electron chi connectivity index (χ0n) is 12.8. The molecule has 1 N–H and O–H groups in total. The first kappa shape index (κ1) is 14.1. The standard InChI is InChI=1S/C19H28O/c1-2-15-10-12-19(20,13-11-15)14-17-8-5-7-16-6-3-4-9-18(16)17/h3-4,6,9,15,17,20H,2,5,7-8,10-14H2,1H3. The lowest BCUT2D eigenvalue weighted by Crippen LogP contribution is -2.36. The second kappa shape index (κ2) is 5.89. The summed E-state index contributed by atoms with van der Waals surface area (Å²) < 4.78 is 0. The first-order chi connectivity index (χ1) is 9.70. The summed E-state index contributed by atoms with van der Waals surface area (Å²) in [4.78, 5) is 0. The second-order valence-electron chi connectivity index (χ2n) is 7.07. The van der Waals surface area contributed by atoms with Crippen molar-refractivity contribution in [2.75, 3.05) is 0 Å². The quantitative estimate of drug-likeness (QED) is 0.835. The average Bonchev–Trinajstić information content (AvgIpc) is 2.48. The predicted octanol–water partition coefficient (Wildman–Crippen LogP) is 4.83. The molecule has 0 bridgehead atoms. The van der Waals surface area contributed by atoms with E-state index in [4.69, 9.17) is 0 Å². The maximum Gasteiger partial charge on any atom is 0.0653 e. The van der Waals surface area contributed by atoms with Crippen molar-refractivity contribution in [3.05, 3.63) is 35.4 Å². The van der Waals surface area contributed by atoms with Crippen molar-refractivity contribution in [2.24, 2.45) is 5.92 Å². The number of aryl methyl sites for hydroxylation is 1. The fourth-order valence-electron chi connectivity index (χ4n) is 4.35. The Morgan fingerprint density at radius 3 is 2.65 bits per heavy atom. The van der Waals surface area contributed by atoms with E-state index in [0.717, 1.165) is 25.2 Å². The third kappa shape index (κ3) is 2.93. The van der Waals surface area contributed by atoms with Gasteiger partial charge >= 0.3 is 0 Å². The third-order valence-corrected chi connectivity index (χ3v) is 5.73. The minimum atomic E-state index is -0.388. The smallest absolute Gasteiger partial charge is 0.0653 e. The number of rotatable bonds is 3. The normalized spacial score (nSPS) is 33.7. The van der Waals surface area contributed by atoms with Gasteiger partial charge in [0.05, 0.1) is 5.60 Å².